The number of likely N-dealkylation sites (tertiary alicyclic amines) is 1. The number of nitrogens with zero attached hydrogens (tertiary/aromatic N) is 2. The van der Waals surface area contributed by atoms with Crippen molar-refractivity contribution in [2.24, 2.45) is 11.8 Å². The fourth-order valence-electron chi connectivity index (χ4n) is 3.83. The maximum atomic E-state index is 12.5. The van der Waals surface area contributed by atoms with E-state index >= 15 is 0 Å². The first-order valence-electron chi connectivity index (χ1n) is 7.55. The van der Waals surface area contributed by atoms with E-state index in [0.29, 0.717) is 12.5 Å². The predicted octanol–water partition coefficient (Wildman–Crippen LogP) is 1.21. The Morgan fingerprint density at radius 2 is 2.10 bits per heavy atom. The third-order valence-corrected chi connectivity index (χ3v) is 6.01. The van der Waals surface area contributed by atoms with E-state index in [4.69, 9.17) is 0 Å². The van der Waals surface area contributed by atoms with E-state index in [1.54, 1.807) is 0 Å². The number of carbonyl (C=O) groups is 1. The molecular weight excluding hydrogens is 306 g/mol. The minimum Gasteiger partial charge on any atom is -0.337 e. The normalized spacial score (nSPS) is 28.1. The van der Waals surface area contributed by atoms with Crippen molar-refractivity contribution in [3.05, 3.63) is 21.9 Å². The molecule has 2 atom stereocenters. The van der Waals surface area contributed by atoms with Crippen molar-refractivity contribution in [2.75, 3.05) is 39.3 Å². The number of carbonyl (C=O) groups excluding carboxylic acids is 1. The molecule has 0 unspecified atom stereocenters. The van der Waals surface area contributed by atoms with Crippen molar-refractivity contribution in [2.45, 2.75) is 13.0 Å². The summed E-state index contributed by atoms with van der Waals surface area (Å²) >= 11 is 1.83. The van der Waals surface area contributed by atoms with E-state index in [9.17, 15) is 4.79 Å². The van der Waals surface area contributed by atoms with E-state index in [1.165, 1.54) is 10.4 Å². The average Bonchev–Trinajstić information content (AvgIpc) is 3.11. The molecule has 3 aliphatic heterocycles. The summed E-state index contributed by atoms with van der Waals surface area (Å²) in [5.74, 6) is 1.86. The molecule has 1 aromatic heterocycles. The van der Waals surface area contributed by atoms with Crippen LogP contribution in [0.1, 0.15) is 10.4 Å². The van der Waals surface area contributed by atoms with E-state index in [0.717, 1.165) is 57.5 Å². The second-order valence-corrected chi connectivity index (χ2v) is 7.31. The van der Waals surface area contributed by atoms with Gasteiger partial charge in [-0.25, -0.2) is 0 Å². The second kappa shape index (κ2) is 6.24. The van der Waals surface area contributed by atoms with Gasteiger partial charge in [0.05, 0.1) is 6.54 Å². The zero-order valence-electron chi connectivity index (χ0n) is 12.1. The third-order valence-electron chi connectivity index (χ3n) is 4.98. The molecule has 1 amide bonds. The number of hydrogen-bond donors (Lipinski definition) is 1. The highest BCUT2D eigenvalue weighted by Gasteiger charge is 2.37. The summed E-state index contributed by atoms with van der Waals surface area (Å²) < 4.78 is 0. The molecule has 0 aliphatic carbocycles. The molecule has 2 fully saturated rings. The molecular formula is C15H22ClN3OS. The fraction of sp³-hybridized carbons (Fsp3) is 0.667. The highest BCUT2D eigenvalue weighted by atomic mass is 35.5. The van der Waals surface area contributed by atoms with Gasteiger partial charge >= 0.3 is 0 Å². The topological polar surface area (TPSA) is 35.6 Å². The van der Waals surface area contributed by atoms with Crippen molar-refractivity contribution in [3.8, 4) is 0 Å². The van der Waals surface area contributed by atoms with E-state index in [1.807, 2.05) is 16.2 Å². The standard InChI is InChI=1S/C15H21N3OS.ClH/c19-15(10-17-7-12-5-16-6-13(12)8-17)18-3-1-14-11(9-18)2-4-20-14;/h2,4,12-13,16H,1,3,5-10H2;1H/t12-,13+;. The fourth-order valence-corrected chi connectivity index (χ4v) is 4.72. The van der Waals surface area contributed by atoms with Gasteiger partial charge in [-0.2, -0.15) is 0 Å². The third kappa shape index (κ3) is 2.97. The van der Waals surface area contributed by atoms with Crippen LogP contribution in [0.15, 0.2) is 11.4 Å². The maximum absolute atomic E-state index is 12.5. The molecule has 21 heavy (non-hydrogen) atoms. The van der Waals surface area contributed by atoms with Gasteiger partial charge in [0.15, 0.2) is 0 Å². The molecule has 0 bridgehead atoms. The molecule has 4 rings (SSSR count). The first kappa shape index (κ1) is 15.3. The molecule has 0 spiro atoms. The van der Waals surface area contributed by atoms with Crippen molar-refractivity contribution >= 4 is 29.7 Å². The molecule has 0 aromatic carbocycles. The summed E-state index contributed by atoms with van der Waals surface area (Å²) in [4.78, 5) is 18.4. The number of halogens is 1. The van der Waals surface area contributed by atoms with Crippen molar-refractivity contribution in [1.29, 1.82) is 0 Å². The zero-order chi connectivity index (χ0) is 13.5. The van der Waals surface area contributed by atoms with Crippen LogP contribution in [0, 0.1) is 11.8 Å². The largest absolute Gasteiger partial charge is 0.337 e. The highest BCUT2D eigenvalue weighted by Crippen LogP contribution is 2.27. The number of fused-ring (bicyclic) bond motifs is 2. The summed E-state index contributed by atoms with van der Waals surface area (Å²) in [6, 6.07) is 2.17. The van der Waals surface area contributed by atoms with Crippen molar-refractivity contribution < 1.29 is 4.79 Å². The minimum atomic E-state index is 0. The van der Waals surface area contributed by atoms with Crippen LogP contribution in [0.4, 0.5) is 0 Å². The van der Waals surface area contributed by atoms with Gasteiger partial charge in [-0.15, -0.1) is 23.7 Å². The van der Waals surface area contributed by atoms with Gasteiger partial charge in [0, 0.05) is 31.1 Å². The molecule has 4 heterocycles. The Kier molecular flexibility index (Phi) is 4.54. The van der Waals surface area contributed by atoms with Crippen molar-refractivity contribution in [1.82, 2.24) is 15.1 Å². The SMILES string of the molecule is Cl.O=C(CN1C[C@H]2CNC[C@H]2C1)N1CCc2sccc2C1. The molecule has 4 nitrogen and oxygen atoms in total. The van der Waals surface area contributed by atoms with Crippen LogP contribution in [-0.2, 0) is 17.8 Å². The van der Waals surface area contributed by atoms with E-state index in [-0.39, 0.29) is 12.4 Å². The zero-order valence-corrected chi connectivity index (χ0v) is 13.7. The van der Waals surface area contributed by atoms with Gasteiger partial charge in [0.25, 0.3) is 0 Å². The van der Waals surface area contributed by atoms with Gasteiger partial charge in [-0.1, -0.05) is 0 Å². The summed E-state index contributed by atoms with van der Waals surface area (Å²) in [5.41, 5.74) is 1.36. The molecule has 1 N–H and O–H groups in total. The van der Waals surface area contributed by atoms with Crippen molar-refractivity contribution in [3.63, 3.8) is 0 Å². The highest BCUT2D eigenvalue weighted by molar-refractivity contribution is 7.10. The lowest BCUT2D eigenvalue weighted by Crippen LogP contribution is -2.42. The number of thiophene rings is 1. The van der Waals surface area contributed by atoms with Crippen LogP contribution in [0.2, 0.25) is 0 Å². The number of amides is 1. The first-order valence-corrected chi connectivity index (χ1v) is 8.43. The lowest BCUT2D eigenvalue weighted by Gasteiger charge is -2.29. The van der Waals surface area contributed by atoms with Crippen LogP contribution < -0.4 is 5.32 Å². The first-order chi connectivity index (χ1) is 9.79. The Hall–Kier alpha value is -0.620. The Bertz CT molecular complexity index is 509. The molecule has 116 valence electrons. The van der Waals surface area contributed by atoms with Crippen LogP contribution in [-0.4, -0.2) is 55.0 Å². The lowest BCUT2D eigenvalue weighted by atomic mass is 10.0. The minimum absolute atomic E-state index is 0. The molecule has 0 radical (unpaired) electrons. The maximum Gasteiger partial charge on any atom is 0.237 e. The smallest absolute Gasteiger partial charge is 0.237 e. The van der Waals surface area contributed by atoms with Gasteiger partial charge in [0.1, 0.15) is 0 Å². The average molecular weight is 328 g/mol. The summed E-state index contributed by atoms with van der Waals surface area (Å²) in [7, 11) is 0. The van der Waals surface area contributed by atoms with E-state index in [2.05, 4.69) is 21.7 Å². The van der Waals surface area contributed by atoms with Crippen LogP contribution in [0.5, 0.6) is 0 Å². The molecule has 3 aliphatic rings. The Morgan fingerprint density at radius 3 is 2.86 bits per heavy atom. The molecule has 2 saturated heterocycles. The summed E-state index contributed by atoms with van der Waals surface area (Å²) in [5, 5.41) is 5.59. The van der Waals surface area contributed by atoms with Crippen LogP contribution in [0.25, 0.3) is 0 Å². The number of rotatable bonds is 2. The Morgan fingerprint density at radius 1 is 1.33 bits per heavy atom. The summed E-state index contributed by atoms with van der Waals surface area (Å²) in [6.45, 7) is 6.80. The van der Waals surface area contributed by atoms with Gasteiger partial charge in [-0.3, -0.25) is 9.69 Å². The van der Waals surface area contributed by atoms with Gasteiger partial charge in [0.2, 0.25) is 5.91 Å². The Balaban J connectivity index is 0.00000132. The Labute approximate surface area is 135 Å². The lowest BCUT2D eigenvalue weighted by molar-refractivity contribution is -0.133. The number of nitrogens with one attached hydrogen (secondary N) is 1. The van der Waals surface area contributed by atoms with Gasteiger partial charge < -0.3 is 10.2 Å². The van der Waals surface area contributed by atoms with E-state index < -0.39 is 0 Å². The molecule has 1 aromatic rings. The number of hydrogen-bond acceptors (Lipinski definition) is 4. The molecule has 6 heteroatoms. The second-order valence-electron chi connectivity index (χ2n) is 6.31. The predicted molar refractivity (Wildman–Crippen MR) is 87.0 cm³/mol. The quantitative estimate of drug-likeness (QED) is 0.887. The summed E-state index contributed by atoms with van der Waals surface area (Å²) in [6.07, 6.45) is 1.04. The van der Waals surface area contributed by atoms with Crippen LogP contribution in [0.3, 0.4) is 0 Å². The van der Waals surface area contributed by atoms with Gasteiger partial charge in [-0.05, 0) is 48.4 Å². The monoisotopic (exact) mass is 327 g/mol. The molecule has 0 saturated carbocycles. The van der Waals surface area contributed by atoms with Crippen LogP contribution >= 0.6 is 23.7 Å².